The molecule has 2 heterocycles. The molecule has 0 bridgehead atoms. The normalized spacial score (nSPS) is 20.5. The molecule has 5 nitrogen and oxygen atoms in total. The molecule has 1 saturated heterocycles. The van der Waals surface area contributed by atoms with Gasteiger partial charge in [-0.25, -0.2) is 0 Å². The maximum absolute atomic E-state index is 12.1. The van der Waals surface area contributed by atoms with Crippen molar-refractivity contribution < 1.29 is 9.53 Å². The fraction of sp³-hybridized carbons (Fsp3) is 0.300. The van der Waals surface area contributed by atoms with Gasteiger partial charge in [0.15, 0.2) is 0 Å². The first-order valence-corrected chi connectivity index (χ1v) is 8.68. The molecule has 0 spiro atoms. The second-order valence-corrected chi connectivity index (χ2v) is 6.41. The molecule has 0 radical (unpaired) electrons. The summed E-state index contributed by atoms with van der Waals surface area (Å²) >= 11 is 0. The zero-order valence-electron chi connectivity index (χ0n) is 13.9. The number of hydrogen-bond donors (Lipinski definition) is 2. The van der Waals surface area contributed by atoms with E-state index >= 15 is 0 Å². The van der Waals surface area contributed by atoms with Crippen LogP contribution in [0.25, 0.3) is 0 Å². The third-order valence-corrected chi connectivity index (χ3v) is 4.67. The van der Waals surface area contributed by atoms with Gasteiger partial charge in [-0.2, -0.15) is 0 Å². The van der Waals surface area contributed by atoms with E-state index in [0.29, 0.717) is 6.04 Å². The van der Waals surface area contributed by atoms with Gasteiger partial charge in [-0.1, -0.05) is 18.2 Å². The van der Waals surface area contributed by atoms with E-state index in [1.807, 2.05) is 48.5 Å². The van der Waals surface area contributed by atoms with Crippen molar-refractivity contribution in [3.63, 3.8) is 0 Å². The number of nitrogens with zero attached hydrogens (tertiary/aromatic N) is 1. The molecular weight excluding hydrogens is 314 g/mol. The average molecular weight is 335 g/mol. The smallest absolute Gasteiger partial charge is 0.237 e. The molecule has 2 aliphatic heterocycles. The zero-order valence-corrected chi connectivity index (χ0v) is 13.9. The van der Waals surface area contributed by atoms with Crippen molar-refractivity contribution >= 4 is 29.2 Å². The summed E-state index contributed by atoms with van der Waals surface area (Å²) in [6, 6.07) is 16.2. The van der Waals surface area contributed by atoms with E-state index in [2.05, 4.69) is 15.6 Å². The molecule has 1 fully saturated rings. The van der Waals surface area contributed by atoms with Gasteiger partial charge in [0.2, 0.25) is 5.91 Å². The lowest BCUT2D eigenvalue weighted by atomic mass is 10.0. The van der Waals surface area contributed by atoms with Gasteiger partial charge in [-0.15, -0.1) is 0 Å². The Morgan fingerprint density at radius 1 is 1.08 bits per heavy atom. The largest absolute Gasteiger partial charge is 0.382 e. The molecule has 0 saturated carbocycles. The Morgan fingerprint density at radius 3 is 2.64 bits per heavy atom. The van der Waals surface area contributed by atoms with Gasteiger partial charge in [-0.3, -0.25) is 9.79 Å². The van der Waals surface area contributed by atoms with E-state index in [4.69, 9.17) is 4.74 Å². The fourth-order valence-corrected chi connectivity index (χ4v) is 3.26. The maximum atomic E-state index is 12.1. The number of carbonyl (C=O) groups excluding carboxylic acids is 1. The van der Waals surface area contributed by atoms with Crippen molar-refractivity contribution in [2.24, 2.45) is 4.99 Å². The molecule has 5 heteroatoms. The molecule has 2 aromatic carbocycles. The third-order valence-electron chi connectivity index (χ3n) is 4.67. The summed E-state index contributed by atoms with van der Waals surface area (Å²) in [7, 11) is 0. The van der Waals surface area contributed by atoms with Crippen LogP contribution in [0.2, 0.25) is 0 Å². The molecule has 1 amide bonds. The molecule has 128 valence electrons. The van der Waals surface area contributed by atoms with Crippen LogP contribution in [-0.2, 0) is 9.53 Å². The fourth-order valence-electron chi connectivity index (χ4n) is 3.26. The highest BCUT2D eigenvalue weighted by Crippen LogP contribution is 2.31. The number of aliphatic imine (C=N–C) groups is 1. The van der Waals surface area contributed by atoms with Crippen molar-refractivity contribution in [2.75, 3.05) is 23.8 Å². The predicted octanol–water partition coefficient (Wildman–Crippen LogP) is 3.72. The Bertz CT molecular complexity index is 780. The van der Waals surface area contributed by atoms with Crippen LogP contribution in [0.15, 0.2) is 53.5 Å². The average Bonchev–Trinajstić information content (AvgIpc) is 2.97. The molecule has 25 heavy (non-hydrogen) atoms. The molecule has 1 atom stereocenters. The van der Waals surface area contributed by atoms with E-state index in [-0.39, 0.29) is 11.8 Å². The lowest BCUT2D eigenvalue weighted by molar-refractivity contribution is -0.115. The summed E-state index contributed by atoms with van der Waals surface area (Å²) in [5, 5.41) is 6.42. The van der Waals surface area contributed by atoms with Crippen LogP contribution in [0.3, 0.4) is 0 Å². The number of para-hydroxylation sites is 1. The molecule has 2 N–H and O–H groups in total. The van der Waals surface area contributed by atoms with Crippen molar-refractivity contribution in [3.05, 3.63) is 54.1 Å². The van der Waals surface area contributed by atoms with E-state index in [1.165, 1.54) is 0 Å². The number of carbonyl (C=O) groups is 1. The number of amides is 1. The summed E-state index contributed by atoms with van der Waals surface area (Å²) in [4.78, 5) is 16.6. The van der Waals surface area contributed by atoms with Gasteiger partial charge in [0.05, 0.1) is 5.69 Å². The van der Waals surface area contributed by atoms with Crippen molar-refractivity contribution in [3.8, 4) is 0 Å². The number of ether oxygens (including phenoxy) is 1. The van der Waals surface area contributed by atoms with Crippen molar-refractivity contribution in [1.29, 1.82) is 0 Å². The minimum Gasteiger partial charge on any atom is -0.382 e. The SMILES string of the molecule is O=C1Nc2ccccc2C1C=Nc1ccc(NC2CCOCC2)cc1. The van der Waals surface area contributed by atoms with Crippen LogP contribution >= 0.6 is 0 Å². The summed E-state index contributed by atoms with van der Waals surface area (Å²) in [5.74, 6) is -0.348. The number of benzene rings is 2. The van der Waals surface area contributed by atoms with Crippen LogP contribution in [0.5, 0.6) is 0 Å². The summed E-state index contributed by atoms with van der Waals surface area (Å²) in [5.41, 5.74) is 3.79. The Morgan fingerprint density at radius 2 is 1.84 bits per heavy atom. The third kappa shape index (κ3) is 3.56. The number of rotatable bonds is 4. The first-order chi connectivity index (χ1) is 12.3. The van der Waals surface area contributed by atoms with Gasteiger partial charge in [0, 0.05) is 36.8 Å². The van der Waals surface area contributed by atoms with Gasteiger partial charge in [0.1, 0.15) is 5.92 Å². The van der Waals surface area contributed by atoms with Crippen LogP contribution in [0.1, 0.15) is 24.3 Å². The van der Waals surface area contributed by atoms with Crippen molar-refractivity contribution in [1.82, 2.24) is 0 Å². The monoisotopic (exact) mass is 335 g/mol. The minimum absolute atomic E-state index is 0.0252. The Kier molecular flexibility index (Phi) is 4.48. The summed E-state index contributed by atoms with van der Waals surface area (Å²) in [6.45, 7) is 1.65. The first kappa shape index (κ1) is 15.8. The molecular formula is C20H21N3O2. The van der Waals surface area contributed by atoms with E-state index in [9.17, 15) is 4.79 Å². The zero-order chi connectivity index (χ0) is 17.1. The quantitative estimate of drug-likeness (QED) is 0.837. The Balaban J connectivity index is 1.42. The number of hydrogen-bond acceptors (Lipinski definition) is 4. The predicted molar refractivity (Wildman–Crippen MR) is 99.9 cm³/mol. The van der Waals surface area contributed by atoms with Crippen LogP contribution in [0, 0.1) is 0 Å². The summed E-state index contributed by atoms with van der Waals surface area (Å²) < 4.78 is 5.38. The molecule has 0 aliphatic carbocycles. The van der Waals surface area contributed by atoms with Gasteiger partial charge in [-0.05, 0) is 48.7 Å². The highest BCUT2D eigenvalue weighted by atomic mass is 16.5. The topological polar surface area (TPSA) is 62.7 Å². The summed E-state index contributed by atoms with van der Waals surface area (Å²) in [6.07, 6.45) is 3.80. The van der Waals surface area contributed by atoms with Crippen LogP contribution in [-0.4, -0.2) is 31.4 Å². The lowest BCUT2D eigenvalue weighted by Crippen LogP contribution is -2.27. The standard InChI is InChI=1S/C20H21N3O2/c24-20-18(17-3-1-2-4-19(17)23-20)13-21-14-5-7-15(8-6-14)22-16-9-11-25-12-10-16/h1-8,13,16,18,22H,9-12H2,(H,23,24). The molecule has 4 rings (SSSR count). The minimum atomic E-state index is -0.323. The second kappa shape index (κ2) is 7.07. The van der Waals surface area contributed by atoms with Gasteiger partial charge >= 0.3 is 0 Å². The highest BCUT2D eigenvalue weighted by molar-refractivity contribution is 6.12. The molecule has 2 aromatic rings. The lowest BCUT2D eigenvalue weighted by Gasteiger charge is -2.24. The number of fused-ring (bicyclic) bond motifs is 1. The number of nitrogens with one attached hydrogen (secondary N) is 2. The first-order valence-electron chi connectivity index (χ1n) is 8.68. The maximum Gasteiger partial charge on any atom is 0.237 e. The van der Waals surface area contributed by atoms with Crippen LogP contribution < -0.4 is 10.6 Å². The van der Waals surface area contributed by atoms with Gasteiger partial charge in [0.25, 0.3) is 0 Å². The van der Waals surface area contributed by atoms with Gasteiger partial charge < -0.3 is 15.4 Å². The molecule has 0 aromatic heterocycles. The molecule has 1 unspecified atom stereocenters. The Labute approximate surface area is 147 Å². The van der Waals surface area contributed by atoms with E-state index < -0.39 is 0 Å². The van der Waals surface area contributed by atoms with E-state index in [0.717, 1.165) is 48.7 Å². The van der Waals surface area contributed by atoms with Crippen molar-refractivity contribution in [2.45, 2.75) is 24.8 Å². The van der Waals surface area contributed by atoms with Crippen LogP contribution in [0.4, 0.5) is 17.1 Å². The second-order valence-electron chi connectivity index (χ2n) is 6.41. The highest BCUT2D eigenvalue weighted by Gasteiger charge is 2.28. The molecule has 2 aliphatic rings. The van der Waals surface area contributed by atoms with E-state index in [1.54, 1.807) is 6.21 Å². The number of anilines is 2. The Hall–Kier alpha value is -2.66.